The largest absolute Gasteiger partial charge is 0.493 e. The van der Waals surface area contributed by atoms with Gasteiger partial charge in [-0.2, -0.15) is 0 Å². The van der Waals surface area contributed by atoms with Gasteiger partial charge in [-0.1, -0.05) is 79.2 Å². The molecule has 54 heavy (non-hydrogen) atoms. The maximum atomic E-state index is 12.6. The van der Waals surface area contributed by atoms with E-state index in [1.807, 2.05) is 42.5 Å². The number of aliphatic hydroxyl groups is 1. The monoisotopic (exact) mass is 735 g/mol. The predicted octanol–water partition coefficient (Wildman–Crippen LogP) is 6.78. The molecule has 2 aliphatic heterocycles. The molecule has 0 aromatic heterocycles. The fraction of sp³-hybridized carbons (Fsp3) is 0.409. The van der Waals surface area contributed by atoms with Gasteiger partial charge in [0.15, 0.2) is 17.8 Å². The van der Waals surface area contributed by atoms with Crippen molar-refractivity contribution in [2.45, 2.75) is 83.6 Å². The van der Waals surface area contributed by atoms with E-state index >= 15 is 0 Å². The van der Waals surface area contributed by atoms with Crippen LogP contribution in [0.15, 0.2) is 84.9 Å². The summed E-state index contributed by atoms with van der Waals surface area (Å²) in [5.74, 6) is 1.50. The first kappa shape index (κ1) is 39.0. The lowest BCUT2D eigenvalue weighted by Crippen LogP contribution is -2.41. The molecule has 3 atom stereocenters. The van der Waals surface area contributed by atoms with E-state index in [0.717, 1.165) is 90.2 Å². The van der Waals surface area contributed by atoms with Gasteiger partial charge in [0, 0.05) is 58.1 Å². The minimum Gasteiger partial charge on any atom is -0.493 e. The Bertz CT molecular complexity index is 1850. The van der Waals surface area contributed by atoms with E-state index in [-0.39, 0.29) is 30.6 Å². The summed E-state index contributed by atoms with van der Waals surface area (Å²) in [7, 11) is 3.34. The van der Waals surface area contributed by atoms with Crippen molar-refractivity contribution in [3.8, 4) is 22.6 Å². The molecule has 0 aliphatic carbocycles. The molecule has 1 fully saturated rings. The molecule has 4 aromatic rings. The summed E-state index contributed by atoms with van der Waals surface area (Å²) in [6.07, 6.45) is 3.81. The highest BCUT2D eigenvalue weighted by Crippen LogP contribution is 2.40. The van der Waals surface area contributed by atoms with Gasteiger partial charge in [-0.05, 0) is 70.3 Å². The highest BCUT2D eigenvalue weighted by atomic mass is 16.7. The third-order valence-electron chi connectivity index (χ3n) is 10.3. The second-order valence-corrected chi connectivity index (χ2v) is 14.2. The number of carbonyl (C=O) groups excluding carboxylic acids is 2. The zero-order valence-electron chi connectivity index (χ0n) is 31.6. The molecule has 2 aliphatic rings. The third-order valence-corrected chi connectivity index (χ3v) is 10.3. The summed E-state index contributed by atoms with van der Waals surface area (Å²) in [5, 5.41) is 15.5. The molecular weight excluding hydrogens is 682 g/mol. The lowest BCUT2D eigenvalue weighted by Gasteiger charge is -2.39. The highest BCUT2D eigenvalue weighted by Gasteiger charge is 2.34. The summed E-state index contributed by atoms with van der Waals surface area (Å²) in [5.41, 5.74) is 8.53. The van der Waals surface area contributed by atoms with E-state index in [1.165, 1.54) is 18.1 Å². The van der Waals surface area contributed by atoms with Gasteiger partial charge in [0.2, 0.25) is 11.8 Å². The van der Waals surface area contributed by atoms with E-state index in [1.54, 1.807) is 14.2 Å². The first-order valence-corrected chi connectivity index (χ1v) is 19.0. The Hall–Kier alpha value is -4.74. The van der Waals surface area contributed by atoms with Crippen LogP contribution in [0.1, 0.15) is 84.8 Å². The average molecular weight is 736 g/mol. The number of fused-ring (bicyclic) bond motifs is 1. The molecule has 286 valence electrons. The number of nitrogens with zero attached hydrogens (tertiary/aromatic N) is 1. The Morgan fingerprint density at radius 2 is 1.57 bits per heavy atom. The Kier molecular flexibility index (Phi) is 13.7. The first-order chi connectivity index (χ1) is 26.3. The normalized spacial score (nSPS) is 18.4. The molecule has 4 aromatic carbocycles. The van der Waals surface area contributed by atoms with Crippen molar-refractivity contribution in [3.63, 3.8) is 0 Å². The zero-order chi connectivity index (χ0) is 37.9. The molecule has 2 amide bonds. The SMILES string of the molecule is COc1cc2c(cc1OC)CN(CC1CC(c3ccc(CO)cc3)OC(c3ccc(-c4ccccc4CNC(=O)CCCCCNC(C)=O)cc3)O1)CC2. The maximum Gasteiger partial charge on any atom is 0.220 e. The Morgan fingerprint density at radius 3 is 2.30 bits per heavy atom. The number of hydrogen-bond donors (Lipinski definition) is 3. The molecule has 3 N–H and O–H groups in total. The van der Waals surface area contributed by atoms with Crippen LogP contribution in [0.25, 0.3) is 11.1 Å². The van der Waals surface area contributed by atoms with Crippen LogP contribution < -0.4 is 20.1 Å². The summed E-state index contributed by atoms with van der Waals surface area (Å²) < 4.78 is 24.5. The number of hydrogen-bond acceptors (Lipinski definition) is 8. The van der Waals surface area contributed by atoms with Crippen LogP contribution in [0, 0.1) is 0 Å². The average Bonchev–Trinajstić information content (AvgIpc) is 3.20. The van der Waals surface area contributed by atoms with Crippen LogP contribution in [-0.4, -0.2) is 61.8 Å². The fourth-order valence-corrected chi connectivity index (χ4v) is 7.33. The number of nitrogens with one attached hydrogen (secondary N) is 2. The molecule has 0 spiro atoms. The number of benzene rings is 4. The van der Waals surface area contributed by atoms with Crippen LogP contribution in [0.5, 0.6) is 11.5 Å². The third kappa shape index (κ3) is 10.3. The van der Waals surface area contributed by atoms with Gasteiger partial charge in [0.25, 0.3) is 0 Å². The van der Waals surface area contributed by atoms with Crippen LogP contribution in [-0.2, 0) is 45.2 Å². The molecule has 0 radical (unpaired) electrons. The van der Waals surface area contributed by atoms with E-state index < -0.39 is 6.29 Å². The van der Waals surface area contributed by atoms with Crippen molar-refractivity contribution in [2.75, 3.05) is 33.9 Å². The highest BCUT2D eigenvalue weighted by molar-refractivity contribution is 5.76. The fourth-order valence-electron chi connectivity index (χ4n) is 7.33. The standard InChI is InChI=1S/C44H53N3O7/c1-30(49)45-21-8-4-5-11-43(50)46-26-36-9-6-7-10-39(36)32-16-18-34(19-17-32)44-53-38(25-40(54-44)33-14-12-31(29-48)13-15-33)28-47-22-20-35-23-41(51-2)42(52-3)24-37(35)27-47/h6-7,9-10,12-19,23-24,38,40,44,48H,4-5,8,11,20-22,25-29H2,1-3H3,(H,45,49)(H,46,50). The van der Waals surface area contributed by atoms with Gasteiger partial charge in [-0.25, -0.2) is 0 Å². The lowest BCUT2D eigenvalue weighted by molar-refractivity contribution is -0.253. The van der Waals surface area contributed by atoms with Crippen LogP contribution in [0.2, 0.25) is 0 Å². The topological polar surface area (TPSA) is 119 Å². The van der Waals surface area contributed by atoms with Gasteiger partial charge in [0.1, 0.15) is 0 Å². The van der Waals surface area contributed by atoms with Gasteiger partial charge in [-0.15, -0.1) is 0 Å². The molecule has 10 nitrogen and oxygen atoms in total. The first-order valence-electron chi connectivity index (χ1n) is 19.0. The number of carbonyl (C=O) groups is 2. The maximum absolute atomic E-state index is 12.6. The number of rotatable bonds is 16. The molecule has 6 rings (SSSR count). The Labute approximate surface area is 318 Å². The molecule has 10 heteroatoms. The second kappa shape index (κ2) is 19.0. The van der Waals surface area contributed by atoms with Crippen molar-refractivity contribution >= 4 is 11.8 Å². The van der Waals surface area contributed by atoms with E-state index in [4.69, 9.17) is 18.9 Å². The van der Waals surface area contributed by atoms with E-state index in [0.29, 0.717) is 25.9 Å². The van der Waals surface area contributed by atoms with Crippen molar-refractivity contribution in [2.24, 2.45) is 0 Å². The van der Waals surface area contributed by atoms with Gasteiger partial charge >= 0.3 is 0 Å². The summed E-state index contributed by atoms with van der Waals surface area (Å²) in [4.78, 5) is 26.1. The van der Waals surface area contributed by atoms with Crippen LogP contribution in [0.4, 0.5) is 0 Å². The molecule has 2 heterocycles. The van der Waals surface area contributed by atoms with Crippen molar-refractivity contribution in [1.82, 2.24) is 15.5 Å². The second-order valence-electron chi connectivity index (χ2n) is 14.2. The summed E-state index contributed by atoms with van der Waals surface area (Å²) in [6.45, 7) is 5.06. The van der Waals surface area contributed by atoms with Gasteiger partial charge < -0.3 is 34.7 Å². The molecule has 0 bridgehead atoms. The quantitative estimate of drug-likeness (QED) is 0.108. The number of methoxy groups -OCH3 is 2. The Balaban J connectivity index is 1.12. The number of aliphatic hydroxyl groups excluding tert-OH is 1. The van der Waals surface area contributed by atoms with E-state index in [9.17, 15) is 14.7 Å². The van der Waals surface area contributed by atoms with Crippen molar-refractivity contribution in [3.05, 3.63) is 118 Å². The molecule has 0 saturated carbocycles. The molecular formula is C44H53N3O7. The van der Waals surface area contributed by atoms with Crippen LogP contribution in [0.3, 0.4) is 0 Å². The smallest absolute Gasteiger partial charge is 0.220 e. The number of ether oxygens (including phenoxy) is 4. The van der Waals surface area contributed by atoms with E-state index in [2.05, 4.69) is 58.0 Å². The summed E-state index contributed by atoms with van der Waals surface area (Å²) in [6, 6.07) is 28.6. The van der Waals surface area contributed by atoms with Gasteiger partial charge in [0.05, 0.1) is 33.0 Å². The van der Waals surface area contributed by atoms with Gasteiger partial charge in [-0.3, -0.25) is 14.5 Å². The van der Waals surface area contributed by atoms with Crippen LogP contribution >= 0.6 is 0 Å². The predicted molar refractivity (Wildman–Crippen MR) is 208 cm³/mol. The Morgan fingerprint density at radius 1 is 0.852 bits per heavy atom. The van der Waals surface area contributed by atoms with Crippen molar-refractivity contribution in [1.29, 1.82) is 0 Å². The lowest BCUT2D eigenvalue weighted by atomic mass is 9.96. The number of amides is 2. The summed E-state index contributed by atoms with van der Waals surface area (Å²) >= 11 is 0. The minimum absolute atomic E-state index is 0.00275. The van der Waals surface area contributed by atoms with Crippen molar-refractivity contribution < 1.29 is 33.6 Å². The molecule has 3 unspecified atom stereocenters. The molecule has 1 saturated heterocycles. The number of unbranched alkanes of at least 4 members (excludes halogenated alkanes) is 2. The minimum atomic E-state index is -0.561. The zero-order valence-corrected chi connectivity index (χ0v) is 31.6.